The minimum Gasteiger partial charge on any atom is -0.467 e. The molecule has 0 aromatic rings. The van der Waals surface area contributed by atoms with Crippen molar-refractivity contribution in [1.29, 1.82) is 0 Å². The van der Waals surface area contributed by atoms with Crippen LogP contribution in [0.1, 0.15) is 38.5 Å². The lowest BCUT2D eigenvalue weighted by Gasteiger charge is -2.39. The number of hydrogen-bond acceptors (Lipinski definition) is 5. The van der Waals surface area contributed by atoms with E-state index in [-0.39, 0.29) is 18.4 Å². The molecule has 150 valence electrons. The molecule has 1 saturated heterocycles. The first-order valence-electron chi connectivity index (χ1n) is 9.66. The van der Waals surface area contributed by atoms with Crippen LogP contribution in [0.2, 0.25) is 0 Å². The number of piperidine rings is 1. The monoisotopic (exact) mass is 379 g/mol. The Morgan fingerprint density at radius 3 is 2.85 bits per heavy atom. The predicted octanol–water partition coefficient (Wildman–Crippen LogP) is 0.652. The molecule has 0 spiro atoms. The highest BCUT2D eigenvalue weighted by atomic mass is 16.5. The average Bonchev–Trinajstić information content (AvgIpc) is 3.35. The molecule has 0 bridgehead atoms. The van der Waals surface area contributed by atoms with E-state index in [4.69, 9.17) is 4.74 Å². The second-order valence-corrected chi connectivity index (χ2v) is 7.78. The molecule has 3 aliphatic rings. The largest absolute Gasteiger partial charge is 0.467 e. The summed E-state index contributed by atoms with van der Waals surface area (Å²) in [5.74, 6) is -0.977. The van der Waals surface area contributed by atoms with E-state index in [1.807, 2.05) is 12.2 Å². The molecule has 2 heterocycles. The Hall–Kier alpha value is -2.09. The first kappa shape index (κ1) is 19.7. The summed E-state index contributed by atoms with van der Waals surface area (Å²) < 4.78 is 4.92. The second kappa shape index (κ2) is 7.88. The highest BCUT2D eigenvalue weighted by Gasteiger charge is 2.61. The summed E-state index contributed by atoms with van der Waals surface area (Å²) in [7, 11) is 3.04. The summed E-state index contributed by atoms with van der Waals surface area (Å²) in [6.45, 7) is 0.937. The van der Waals surface area contributed by atoms with Gasteiger partial charge in [0.15, 0.2) is 0 Å². The average molecular weight is 379 g/mol. The van der Waals surface area contributed by atoms with Crippen molar-refractivity contribution in [2.45, 2.75) is 56.2 Å². The van der Waals surface area contributed by atoms with Gasteiger partial charge in [-0.05, 0) is 32.1 Å². The van der Waals surface area contributed by atoms with E-state index >= 15 is 0 Å². The fourth-order valence-electron chi connectivity index (χ4n) is 4.05. The number of amides is 3. The highest BCUT2D eigenvalue weighted by Crippen LogP contribution is 2.46. The van der Waals surface area contributed by atoms with Crippen LogP contribution in [-0.2, 0) is 14.3 Å². The number of ether oxygens (including phenoxy) is 1. The maximum atomic E-state index is 13.0. The molecule has 3 amide bonds. The summed E-state index contributed by atoms with van der Waals surface area (Å²) >= 11 is 0. The van der Waals surface area contributed by atoms with Gasteiger partial charge in [0.1, 0.15) is 11.6 Å². The Kier molecular flexibility index (Phi) is 5.74. The van der Waals surface area contributed by atoms with Crippen LogP contribution in [0.4, 0.5) is 4.79 Å². The number of rotatable bonds is 1. The summed E-state index contributed by atoms with van der Waals surface area (Å²) in [4.78, 5) is 41.4. The molecule has 8 heteroatoms. The van der Waals surface area contributed by atoms with Gasteiger partial charge < -0.3 is 25.0 Å². The SMILES string of the molecule is COC(=O)[C@@]12C[C@H]1C=CCCCCN(C)C(=O)N1CC[C@@H](O)C[C@H]1C(=O)N2. The number of carbonyl (C=O) groups is 3. The number of urea groups is 1. The third kappa shape index (κ3) is 3.95. The van der Waals surface area contributed by atoms with Gasteiger partial charge in [-0.15, -0.1) is 0 Å². The van der Waals surface area contributed by atoms with Gasteiger partial charge in [-0.3, -0.25) is 4.79 Å². The fourth-order valence-corrected chi connectivity index (χ4v) is 4.05. The van der Waals surface area contributed by atoms with Crippen LogP contribution in [0.25, 0.3) is 0 Å². The second-order valence-electron chi connectivity index (χ2n) is 7.78. The maximum absolute atomic E-state index is 13.0. The van der Waals surface area contributed by atoms with E-state index in [1.54, 1.807) is 11.9 Å². The summed E-state index contributed by atoms with van der Waals surface area (Å²) in [6, 6.07) is -1.01. The fraction of sp³-hybridized carbons (Fsp3) is 0.737. The first-order valence-corrected chi connectivity index (χ1v) is 9.66. The van der Waals surface area contributed by atoms with Gasteiger partial charge in [-0.1, -0.05) is 12.2 Å². The van der Waals surface area contributed by atoms with Crippen LogP contribution in [0, 0.1) is 5.92 Å². The Labute approximate surface area is 159 Å². The standard InChI is InChI=1S/C19H29N3O5/c1-21-9-6-4-3-5-7-13-12-19(13,17(25)27-2)20-16(24)15-11-14(23)8-10-22(15)18(21)26/h5,7,13-15,23H,3-4,6,8-12H2,1-2H3,(H,20,24)/t13-,14-,15+,19-/m1/s1. The van der Waals surface area contributed by atoms with Crippen molar-refractivity contribution >= 4 is 17.9 Å². The molecule has 0 aromatic carbocycles. The van der Waals surface area contributed by atoms with Crippen LogP contribution in [0.3, 0.4) is 0 Å². The van der Waals surface area contributed by atoms with Gasteiger partial charge in [0, 0.05) is 32.5 Å². The van der Waals surface area contributed by atoms with Crippen molar-refractivity contribution in [1.82, 2.24) is 15.1 Å². The van der Waals surface area contributed by atoms with Gasteiger partial charge in [0.05, 0.1) is 13.2 Å². The van der Waals surface area contributed by atoms with Gasteiger partial charge in [-0.25, -0.2) is 9.59 Å². The molecular weight excluding hydrogens is 350 g/mol. The summed E-state index contributed by atoms with van der Waals surface area (Å²) in [5.41, 5.74) is -1.06. The zero-order valence-corrected chi connectivity index (χ0v) is 16.0. The zero-order valence-electron chi connectivity index (χ0n) is 16.0. The van der Waals surface area contributed by atoms with Crippen LogP contribution >= 0.6 is 0 Å². The summed E-state index contributed by atoms with van der Waals surface area (Å²) in [5, 5.41) is 12.9. The van der Waals surface area contributed by atoms with Crippen molar-refractivity contribution in [3.8, 4) is 0 Å². The molecule has 8 nitrogen and oxygen atoms in total. The van der Waals surface area contributed by atoms with E-state index in [9.17, 15) is 19.5 Å². The van der Waals surface area contributed by atoms with Crippen LogP contribution in [-0.4, -0.2) is 77.7 Å². The molecule has 2 aliphatic heterocycles. The van der Waals surface area contributed by atoms with Crippen molar-refractivity contribution < 1.29 is 24.2 Å². The van der Waals surface area contributed by atoms with E-state index < -0.39 is 29.6 Å². The van der Waals surface area contributed by atoms with E-state index in [0.29, 0.717) is 25.9 Å². The summed E-state index contributed by atoms with van der Waals surface area (Å²) in [6.07, 6.45) is 7.15. The number of carbonyl (C=O) groups excluding carboxylic acids is 3. The van der Waals surface area contributed by atoms with Crippen molar-refractivity contribution in [3.05, 3.63) is 12.2 Å². The lowest BCUT2D eigenvalue weighted by molar-refractivity contribution is -0.147. The minimum atomic E-state index is -1.06. The van der Waals surface area contributed by atoms with Crippen molar-refractivity contribution in [2.24, 2.45) is 5.92 Å². The maximum Gasteiger partial charge on any atom is 0.332 e. The molecule has 1 saturated carbocycles. The number of aliphatic hydroxyl groups excluding tert-OH is 1. The molecular formula is C19H29N3O5. The topological polar surface area (TPSA) is 99.2 Å². The van der Waals surface area contributed by atoms with Gasteiger partial charge >= 0.3 is 12.0 Å². The van der Waals surface area contributed by atoms with Crippen LogP contribution in [0.5, 0.6) is 0 Å². The van der Waals surface area contributed by atoms with Crippen molar-refractivity contribution in [3.63, 3.8) is 0 Å². The Bertz CT molecular complexity index is 637. The molecule has 3 rings (SSSR count). The number of methoxy groups -OCH3 is 1. The van der Waals surface area contributed by atoms with Crippen molar-refractivity contribution in [2.75, 3.05) is 27.2 Å². The molecule has 1 aliphatic carbocycles. The van der Waals surface area contributed by atoms with Gasteiger partial charge in [0.2, 0.25) is 5.91 Å². The first-order chi connectivity index (χ1) is 12.9. The number of nitrogens with one attached hydrogen (secondary N) is 1. The Morgan fingerprint density at radius 2 is 2.11 bits per heavy atom. The van der Waals surface area contributed by atoms with Gasteiger partial charge in [0.25, 0.3) is 0 Å². The van der Waals surface area contributed by atoms with Gasteiger partial charge in [-0.2, -0.15) is 0 Å². The number of hydrogen-bond donors (Lipinski definition) is 2. The van der Waals surface area contributed by atoms with E-state index in [2.05, 4.69) is 5.32 Å². The quantitative estimate of drug-likeness (QED) is 0.515. The third-order valence-corrected chi connectivity index (χ3v) is 5.84. The van der Waals surface area contributed by atoms with E-state index in [0.717, 1.165) is 19.3 Å². The van der Waals surface area contributed by atoms with Crippen LogP contribution in [0.15, 0.2) is 12.2 Å². The molecule has 0 aromatic heterocycles. The Morgan fingerprint density at radius 1 is 1.33 bits per heavy atom. The molecule has 27 heavy (non-hydrogen) atoms. The third-order valence-electron chi connectivity index (χ3n) is 5.84. The number of fused-ring (bicyclic) bond motifs is 2. The lowest BCUT2D eigenvalue weighted by atomic mass is 9.98. The number of nitrogens with zero attached hydrogens (tertiary/aromatic N) is 2. The molecule has 0 unspecified atom stereocenters. The Balaban J connectivity index is 1.87. The lowest BCUT2D eigenvalue weighted by Crippen LogP contribution is -2.60. The van der Waals surface area contributed by atoms with Crippen LogP contribution < -0.4 is 5.32 Å². The highest BCUT2D eigenvalue weighted by molar-refractivity contribution is 5.95. The normalized spacial score (nSPS) is 34.9. The molecule has 2 N–H and O–H groups in total. The number of esters is 1. The van der Waals surface area contributed by atoms with E-state index in [1.165, 1.54) is 12.0 Å². The number of aliphatic hydroxyl groups is 1. The minimum absolute atomic E-state index is 0.0998. The molecule has 4 atom stereocenters. The zero-order chi connectivity index (χ0) is 19.6. The molecule has 2 fully saturated rings. The number of allylic oxidation sites excluding steroid dienone is 1. The predicted molar refractivity (Wildman–Crippen MR) is 97.7 cm³/mol. The molecule has 0 radical (unpaired) electrons. The smallest absolute Gasteiger partial charge is 0.332 e.